The third-order valence-corrected chi connectivity index (χ3v) is 3.82. The Hall–Kier alpha value is -2.29. The Kier molecular flexibility index (Phi) is 5.21. The third-order valence-electron chi connectivity index (χ3n) is 3.82. The highest BCUT2D eigenvalue weighted by Crippen LogP contribution is 2.20. The number of rotatable bonds is 5. The predicted octanol–water partition coefficient (Wildman–Crippen LogP) is 4.41. The molecule has 3 heteroatoms. The van der Waals surface area contributed by atoms with Crippen LogP contribution in [0, 0.1) is 20.8 Å². The number of carbonyl (C=O) groups is 1. The molecule has 0 aromatic heterocycles. The second-order valence-corrected chi connectivity index (χ2v) is 5.56. The molecule has 0 saturated carbocycles. The summed E-state index contributed by atoms with van der Waals surface area (Å²) < 4.78 is 5.86. The fourth-order valence-electron chi connectivity index (χ4n) is 2.20. The standard InChI is InChI=1S/C19H23NO2/c1-5-18(22-16-11-10-13(2)15(4)12-16)19(21)20-17-9-7-6-8-14(17)3/h6-12,18H,5H2,1-4H3,(H,20,21)/t18-/m1/s1. The lowest BCUT2D eigenvalue weighted by Crippen LogP contribution is -2.32. The number of anilines is 1. The Balaban J connectivity index is 2.09. The quantitative estimate of drug-likeness (QED) is 0.888. The number of hydrogen-bond acceptors (Lipinski definition) is 2. The van der Waals surface area contributed by atoms with Crippen molar-refractivity contribution in [2.45, 2.75) is 40.2 Å². The fraction of sp³-hybridized carbons (Fsp3) is 0.316. The molecule has 1 N–H and O–H groups in total. The molecule has 2 rings (SSSR count). The number of amides is 1. The summed E-state index contributed by atoms with van der Waals surface area (Å²) in [6.07, 6.45) is 0.117. The maximum Gasteiger partial charge on any atom is 0.265 e. The van der Waals surface area contributed by atoms with Gasteiger partial charge in [0.2, 0.25) is 0 Å². The molecule has 22 heavy (non-hydrogen) atoms. The number of aryl methyl sites for hydroxylation is 3. The first-order chi connectivity index (χ1) is 10.5. The van der Waals surface area contributed by atoms with E-state index in [2.05, 4.69) is 12.2 Å². The molecule has 1 amide bonds. The molecule has 1 atom stereocenters. The van der Waals surface area contributed by atoms with Crippen molar-refractivity contribution in [2.24, 2.45) is 0 Å². The van der Waals surface area contributed by atoms with E-state index < -0.39 is 6.10 Å². The van der Waals surface area contributed by atoms with Crippen molar-refractivity contribution in [1.29, 1.82) is 0 Å². The van der Waals surface area contributed by atoms with Crippen molar-refractivity contribution in [3.63, 3.8) is 0 Å². The fourth-order valence-corrected chi connectivity index (χ4v) is 2.20. The number of hydrogen-bond donors (Lipinski definition) is 1. The van der Waals surface area contributed by atoms with E-state index in [1.165, 1.54) is 5.56 Å². The highest BCUT2D eigenvalue weighted by atomic mass is 16.5. The van der Waals surface area contributed by atoms with Gasteiger partial charge in [0.15, 0.2) is 6.10 Å². The molecule has 0 aliphatic heterocycles. The summed E-state index contributed by atoms with van der Waals surface area (Å²) in [5, 5.41) is 2.94. The largest absolute Gasteiger partial charge is 0.481 e. The second kappa shape index (κ2) is 7.12. The highest BCUT2D eigenvalue weighted by Gasteiger charge is 2.19. The topological polar surface area (TPSA) is 38.3 Å². The Morgan fingerprint density at radius 1 is 1.05 bits per heavy atom. The van der Waals surface area contributed by atoms with Crippen molar-refractivity contribution >= 4 is 11.6 Å². The third kappa shape index (κ3) is 3.88. The number of nitrogens with one attached hydrogen (secondary N) is 1. The van der Waals surface area contributed by atoms with Crippen LogP contribution < -0.4 is 10.1 Å². The lowest BCUT2D eigenvalue weighted by atomic mass is 10.1. The monoisotopic (exact) mass is 297 g/mol. The molecule has 0 unspecified atom stereocenters. The summed E-state index contributed by atoms with van der Waals surface area (Å²) in [6, 6.07) is 13.6. The van der Waals surface area contributed by atoms with Crippen molar-refractivity contribution in [3.8, 4) is 5.75 Å². The van der Waals surface area contributed by atoms with Crippen LogP contribution in [0.25, 0.3) is 0 Å². The van der Waals surface area contributed by atoms with Gasteiger partial charge in [0.05, 0.1) is 0 Å². The van der Waals surface area contributed by atoms with E-state index >= 15 is 0 Å². The molecule has 0 heterocycles. The number of para-hydroxylation sites is 1. The van der Waals surface area contributed by atoms with Gasteiger partial charge in [-0.25, -0.2) is 0 Å². The first kappa shape index (κ1) is 16.1. The summed E-state index contributed by atoms with van der Waals surface area (Å²) in [5.74, 6) is 0.616. The van der Waals surface area contributed by atoms with Crippen LogP contribution >= 0.6 is 0 Å². The zero-order chi connectivity index (χ0) is 16.1. The molecular weight excluding hydrogens is 274 g/mol. The summed E-state index contributed by atoms with van der Waals surface area (Å²) in [7, 11) is 0. The number of benzene rings is 2. The Morgan fingerprint density at radius 2 is 1.77 bits per heavy atom. The SMILES string of the molecule is CC[C@@H](Oc1ccc(C)c(C)c1)C(=O)Nc1ccccc1C. The Morgan fingerprint density at radius 3 is 2.41 bits per heavy atom. The van der Waals surface area contributed by atoms with Gasteiger partial charge in [0.1, 0.15) is 5.75 Å². The molecule has 0 fully saturated rings. The van der Waals surface area contributed by atoms with E-state index in [9.17, 15) is 4.79 Å². The minimum atomic E-state index is -0.498. The minimum absolute atomic E-state index is 0.116. The molecule has 0 aliphatic carbocycles. The average Bonchev–Trinajstić information content (AvgIpc) is 2.50. The maximum atomic E-state index is 12.4. The van der Waals surface area contributed by atoms with Gasteiger partial charge in [0.25, 0.3) is 5.91 Å². The molecule has 0 bridgehead atoms. The smallest absolute Gasteiger partial charge is 0.265 e. The summed E-state index contributed by atoms with van der Waals surface area (Å²) in [5.41, 5.74) is 4.24. The molecule has 0 aliphatic rings. The second-order valence-electron chi connectivity index (χ2n) is 5.56. The van der Waals surface area contributed by atoms with Gasteiger partial charge >= 0.3 is 0 Å². The number of carbonyl (C=O) groups excluding carboxylic acids is 1. The van der Waals surface area contributed by atoms with Crippen molar-refractivity contribution in [2.75, 3.05) is 5.32 Å². The van der Waals surface area contributed by atoms with Gasteiger partial charge in [-0.1, -0.05) is 31.2 Å². The zero-order valence-electron chi connectivity index (χ0n) is 13.6. The lowest BCUT2D eigenvalue weighted by Gasteiger charge is -2.18. The van der Waals surface area contributed by atoms with E-state index in [1.807, 2.05) is 63.2 Å². The van der Waals surface area contributed by atoms with Crippen molar-refractivity contribution in [3.05, 3.63) is 59.2 Å². The van der Waals surface area contributed by atoms with E-state index in [0.29, 0.717) is 6.42 Å². The lowest BCUT2D eigenvalue weighted by molar-refractivity contribution is -0.122. The van der Waals surface area contributed by atoms with Gasteiger partial charge in [0, 0.05) is 5.69 Å². The van der Waals surface area contributed by atoms with Gasteiger partial charge in [-0.2, -0.15) is 0 Å². The maximum absolute atomic E-state index is 12.4. The molecular formula is C19H23NO2. The molecule has 116 valence electrons. The Labute approximate surface area is 132 Å². The number of ether oxygens (including phenoxy) is 1. The van der Waals surface area contributed by atoms with Crippen LogP contribution in [0.15, 0.2) is 42.5 Å². The predicted molar refractivity (Wildman–Crippen MR) is 90.4 cm³/mol. The molecule has 0 saturated heterocycles. The normalized spacial score (nSPS) is 11.8. The zero-order valence-corrected chi connectivity index (χ0v) is 13.6. The van der Waals surface area contributed by atoms with Gasteiger partial charge in [-0.15, -0.1) is 0 Å². The van der Waals surface area contributed by atoms with Gasteiger partial charge < -0.3 is 10.1 Å². The van der Waals surface area contributed by atoms with Crippen molar-refractivity contribution in [1.82, 2.24) is 0 Å². The Bertz CT molecular complexity index is 664. The van der Waals surface area contributed by atoms with Crippen LogP contribution in [-0.2, 0) is 4.79 Å². The van der Waals surface area contributed by atoms with Crippen LogP contribution in [0.3, 0.4) is 0 Å². The first-order valence-electron chi connectivity index (χ1n) is 7.61. The van der Waals surface area contributed by atoms with E-state index in [0.717, 1.165) is 22.6 Å². The van der Waals surface area contributed by atoms with E-state index in [-0.39, 0.29) is 5.91 Å². The summed E-state index contributed by atoms with van der Waals surface area (Å²) >= 11 is 0. The van der Waals surface area contributed by atoms with E-state index in [1.54, 1.807) is 0 Å². The molecule has 0 spiro atoms. The van der Waals surface area contributed by atoms with Gasteiger partial charge in [-0.3, -0.25) is 4.79 Å². The van der Waals surface area contributed by atoms with Gasteiger partial charge in [-0.05, 0) is 62.1 Å². The molecule has 2 aromatic carbocycles. The van der Waals surface area contributed by atoms with Crippen LogP contribution in [0.5, 0.6) is 5.75 Å². The summed E-state index contributed by atoms with van der Waals surface area (Å²) in [4.78, 5) is 12.4. The van der Waals surface area contributed by atoms with Crippen LogP contribution in [0.1, 0.15) is 30.0 Å². The van der Waals surface area contributed by atoms with Crippen LogP contribution in [0.2, 0.25) is 0 Å². The van der Waals surface area contributed by atoms with E-state index in [4.69, 9.17) is 4.74 Å². The summed E-state index contributed by atoms with van der Waals surface area (Å²) in [6.45, 7) is 8.02. The van der Waals surface area contributed by atoms with Crippen molar-refractivity contribution < 1.29 is 9.53 Å². The molecule has 3 nitrogen and oxygen atoms in total. The molecule has 2 aromatic rings. The van der Waals surface area contributed by atoms with Crippen LogP contribution in [-0.4, -0.2) is 12.0 Å². The average molecular weight is 297 g/mol. The minimum Gasteiger partial charge on any atom is -0.481 e. The molecule has 0 radical (unpaired) electrons. The van der Waals surface area contributed by atoms with Crippen LogP contribution in [0.4, 0.5) is 5.69 Å². The highest BCUT2D eigenvalue weighted by molar-refractivity contribution is 5.95. The first-order valence-corrected chi connectivity index (χ1v) is 7.61.